The zero-order chi connectivity index (χ0) is 7.98. The summed E-state index contributed by atoms with van der Waals surface area (Å²) < 4.78 is 0. The van der Waals surface area contributed by atoms with Gasteiger partial charge in [-0.3, -0.25) is 4.79 Å². The molecule has 0 aromatic carbocycles. The first-order valence-electron chi connectivity index (χ1n) is 3.37. The van der Waals surface area contributed by atoms with E-state index in [-0.39, 0.29) is 27.3 Å². The molecule has 0 fully saturated rings. The molecule has 0 amide bonds. The summed E-state index contributed by atoms with van der Waals surface area (Å²) in [5, 5.41) is 8.33. The first-order chi connectivity index (χ1) is 4.68. The molecule has 0 bridgehead atoms. The molecule has 0 saturated heterocycles. The quantitative estimate of drug-likeness (QED) is 0.419. The van der Waals surface area contributed by atoms with Gasteiger partial charge < -0.3 is 16.6 Å². The maximum atomic E-state index is 10.1. The summed E-state index contributed by atoms with van der Waals surface area (Å²) in [5.74, 6) is -0.933. The van der Waals surface area contributed by atoms with Crippen molar-refractivity contribution in [2.24, 2.45) is 11.5 Å². The fourth-order valence-corrected chi connectivity index (χ4v) is 0.632. The molecule has 0 saturated carbocycles. The monoisotopic (exact) mass is 356 g/mol. The fraction of sp³-hybridized carbons (Fsp3) is 0.833. The summed E-state index contributed by atoms with van der Waals surface area (Å²) in [4.78, 5) is 10.1. The van der Waals surface area contributed by atoms with Crippen molar-refractivity contribution in [1.82, 2.24) is 0 Å². The van der Waals surface area contributed by atoms with Crippen molar-refractivity contribution in [1.29, 1.82) is 0 Å². The summed E-state index contributed by atoms with van der Waals surface area (Å²) in [6.45, 7) is 0.604. The van der Waals surface area contributed by atoms with Crippen molar-refractivity contribution in [2.45, 2.75) is 25.3 Å². The molecular weight excluding hydrogens is 339 g/mol. The zero-order valence-electron chi connectivity index (χ0n) is 6.62. The van der Waals surface area contributed by atoms with Gasteiger partial charge in [0.15, 0.2) is 0 Å². The van der Waals surface area contributed by atoms with Gasteiger partial charge >= 0.3 is 33.3 Å². The summed E-state index contributed by atoms with van der Waals surface area (Å²) in [6, 6.07) is -0.716. The van der Waals surface area contributed by atoms with Crippen LogP contribution in [-0.2, 0) is 4.79 Å². The molecule has 0 aliphatic carbocycles. The van der Waals surface area contributed by atoms with E-state index < -0.39 is 12.0 Å². The Morgan fingerprint density at radius 2 is 2.00 bits per heavy atom. The van der Waals surface area contributed by atoms with Gasteiger partial charge in [0.25, 0.3) is 0 Å². The van der Waals surface area contributed by atoms with Crippen LogP contribution in [-0.4, -0.2) is 51.0 Å². The van der Waals surface area contributed by atoms with E-state index in [2.05, 4.69) is 0 Å². The van der Waals surface area contributed by atoms with Crippen LogP contribution in [0.1, 0.15) is 19.3 Å². The summed E-state index contributed by atoms with van der Waals surface area (Å²) >= 11 is 0. The maximum absolute atomic E-state index is 10.1. The number of carboxylic acid groups (broad SMARTS) is 1. The molecule has 4 nitrogen and oxygen atoms in total. The Labute approximate surface area is 86.5 Å². The van der Waals surface area contributed by atoms with Crippen LogP contribution in [0.2, 0.25) is 0 Å². The molecule has 0 aromatic rings. The molecule has 66 valence electrons. The second kappa shape index (κ2) is 8.41. The Bertz CT molecular complexity index is 111. The second-order valence-electron chi connectivity index (χ2n) is 2.23. The van der Waals surface area contributed by atoms with Gasteiger partial charge in [-0.2, -0.15) is 0 Å². The number of hydrogen-bond acceptors (Lipinski definition) is 3. The molecule has 5 N–H and O–H groups in total. The van der Waals surface area contributed by atoms with Gasteiger partial charge in [0.1, 0.15) is 6.04 Å². The molecule has 2 radical (unpaired) electrons. The molecule has 1 atom stereocenters. The van der Waals surface area contributed by atoms with Crippen LogP contribution in [0.15, 0.2) is 0 Å². The predicted octanol–water partition coefficient (Wildman–Crippen LogP) is -1.39. The molecule has 5 heteroatoms. The van der Waals surface area contributed by atoms with Gasteiger partial charge in [-0.05, 0) is 19.4 Å². The van der Waals surface area contributed by atoms with Crippen molar-refractivity contribution in [2.75, 3.05) is 6.54 Å². The number of aliphatic carboxylic acids is 1. The molecule has 0 heterocycles. The molecule has 1 unspecified atom stereocenters. The average molecular weight is 355 g/mol. The normalized spacial score (nSPS) is 11.8. The first-order valence-corrected chi connectivity index (χ1v) is 3.37. The Kier molecular flexibility index (Phi) is 10.6. The van der Waals surface area contributed by atoms with E-state index in [9.17, 15) is 4.79 Å². The van der Waals surface area contributed by atoms with E-state index in [1.807, 2.05) is 0 Å². The first kappa shape index (κ1) is 13.9. The molecule has 0 spiro atoms. The molecule has 0 aromatic heterocycles. The number of unbranched alkanes of at least 4 members (excludes halogenated alkanes) is 1. The van der Waals surface area contributed by atoms with Crippen LogP contribution < -0.4 is 11.5 Å². The van der Waals surface area contributed by atoms with E-state index in [0.29, 0.717) is 13.0 Å². The van der Waals surface area contributed by atoms with E-state index >= 15 is 0 Å². The predicted molar refractivity (Wildman–Crippen MR) is 47.1 cm³/mol. The SMILES string of the molecule is NCCCCC(N)C(=O)O.[PbH2]. The van der Waals surface area contributed by atoms with Crippen LogP contribution in [0.3, 0.4) is 0 Å². The number of carboxylic acids is 1. The van der Waals surface area contributed by atoms with Gasteiger partial charge in [0.05, 0.1) is 0 Å². The fourth-order valence-electron chi connectivity index (χ4n) is 0.632. The number of hydrogen-bond donors (Lipinski definition) is 3. The number of carbonyl (C=O) groups is 1. The zero-order valence-corrected chi connectivity index (χ0v) is 12.1. The van der Waals surface area contributed by atoms with Crippen LogP contribution in [0.5, 0.6) is 0 Å². The van der Waals surface area contributed by atoms with Crippen LogP contribution in [0.25, 0.3) is 0 Å². The third-order valence-electron chi connectivity index (χ3n) is 1.29. The van der Waals surface area contributed by atoms with Crippen molar-refractivity contribution in [3.8, 4) is 0 Å². The summed E-state index contributed by atoms with van der Waals surface area (Å²) in [6.07, 6.45) is 2.16. The molecule has 0 rings (SSSR count). The van der Waals surface area contributed by atoms with Crippen molar-refractivity contribution in [3.63, 3.8) is 0 Å². The number of rotatable bonds is 5. The Hall–Kier alpha value is 0.312. The summed E-state index contributed by atoms with van der Waals surface area (Å²) in [7, 11) is 0. The van der Waals surface area contributed by atoms with Crippen LogP contribution in [0.4, 0.5) is 0 Å². The average Bonchev–Trinajstić information content (AvgIpc) is 1.88. The van der Waals surface area contributed by atoms with E-state index in [1.54, 1.807) is 0 Å². The molecule has 0 aliphatic rings. The van der Waals surface area contributed by atoms with Crippen LogP contribution >= 0.6 is 0 Å². The molecule has 11 heavy (non-hydrogen) atoms. The van der Waals surface area contributed by atoms with E-state index in [4.69, 9.17) is 16.6 Å². The minimum atomic E-state index is -0.933. The Balaban J connectivity index is 0. The van der Waals surface area contributed by atoms with Gasteiger partial charge in [-0.1, -0.05) is 6.42 Å². The minimum absolute atomic E-state index is 0. The van der Waals surface area contributed by atoms with E-state index in [1.165, 1.54) is 0 Å². The standard InChI is InChI=1S/C6H14N2O2.Pb.2H/c7-4-2-1-3-5(8)6(9)10;;;/h5H,1-4,7-8H2,(H,9,10);;;. The third kappa shape index (κ3) is 8.22. The third-order valence-corrected chi connectivity index (χ3v) is 1.29. The second-order valence-corrected chi connectivity index (χ2v) is 2.23. The van der Waals surface area contributed by atoms with Gasteiger partial charge in [-0.15, -0.1) is 0 Å². The summed E-state index contributed by atoms with van der Waals surface area (Å²) in [5.41, 5.74) is 10.4. The Morgan fingerprint density at radius 1 is 1.45 bits per heavy atom. The number of nitrogens with two attached hydrogens (primary N) is 2. The molecular formula is C6H16N2O2Pb. The van der Waals surface area contributed by atoms with Gasteiger partial charge in [0.2, 0.25) is 0 Å². The topological polar surface area (TPSA) is 89.3 Å². The van der Waals surface area contributed by atoms with Gasteiger partial charge in [-0.25, -0.2) is 0 Å². The van der Waals surface area contributed by atoms with Gasteiger partial charge in [0, 0.05) is 0 Å². The Morgan fingerprint density at radius 3 is 2.36 bits per heavy atom. The van der Waals surface area contributed by atoms with Crippen molar-refractivity contribution < 1.29 is 9.90 Å². The van der Waals surface area contributed by atoms with E-state index in [0.717, 1.165) is 12.8 Å². The van der Waals surface area contributed by atoms with Crippen molar-refractivity contribution in [3.05, 3.63) is 0 Å². The van der Waals surface area contributed by atoms with Crippen LogP contribution in [0, 0.1) is 0 Å². The molecule has 0 aliphatic heterocycles. The van der Waals surface area contributed by atoms with Crippen molar-refractivity contribution >= 4 is 33.3 Å².